The molecule has 0 spiro atoms. The van der Waals surface area contributed by atoms with E-state index in [1.165, 1.54) is 6.08 Å². The average Bonchev–Trinajstić information content (AvgIpc) is 2.36. The number of nitrogens with zero attached hydrogens (tertiary/aromatic N) is 2. The van der Waals surface area contributed by atoms with E-state index in [0.29, 0.717) is 17.5 Å². The first-order valence-electron chi connectivity index (χ1n) is 7.22. The summed E-state index contributed by atoms with van der Waals surface area (Å²) < 4.78 is 0. The van der Waals surface area contributed by atoms with Crippen LogP contribution in [0.15, 0.2) is 24.7 Å². The second kappa shape index (κ2) is 8.46. The first-order chi connectivity index (χ1) is 9.47. The summed E-state index contributed by atoms with van der Waals surface area (Å²) in [5.74, 6) is 1.08. The van der Waals surface area contributed by atoms with Crippen molar-refractivity contribution in [3.05, 3.63) is 30.4 Å². The summed E-state index contributed by atoms with van der Waals surface area (Å²) in [4.78, 5) is 20.0. The Hall–Kier alpha value is -1.71. The lowest BCUT2D eigenvalue weighted by Crippen LogP contribution is -2.35. The van der Waals surface area contributed by atoms with E-state index >= 15 is 0 Å². The third-order valence-electron chi connectivity index (χ3n) is 2.85. The Kier molecular flexibility index (Phi) is 6.91. The third kappa shape index (κ3) is 7.02. The van der Waals surface area contributed by atoms with Gasteiger partial charge < -0.3 is 5.32 Å². The molecular formula is C16H25N3O. The van der Waals surface area contributed by atoms with Gasteiger partial charge in [0.25, 0.3) is 0 Å². The Morgan fingerprint density at radius 3 is 2.35 bits per heavy atom. The number of hydrogen-bond acceptors (Lipinski definition) is 3. The van der Waals surface area contributed by atoms with Crippen LogP contribution >= 0.6 is 0 Å². The molecule has 1 aromatic heterocycles. The van der Waals surface area contributed by atoms with E-state index in [1.54, 1.807) is 24.7 Å². The van der Waals surface area contributed by atoms with Gasteiger partial charge in [-0.3, -0.25) is 14.8 Å². The predicted molar refractivity (Wildman–Crippen MR) is 81.9 cm³/mol. The number of aromatic nitrogens is 2. The van der Waals surface area contributed by atoms with Crippen LogP contribution in [0.3, 0.4) is 0 Å². The van der Waals surface area contributed by atoms with Crippen molar-refractivity contribution in [2.45, 2.75) is 46.6 Å². The van der Waals surface area contributed by atoms with Crippen LogP contribution in [0.25, 0.3) is 6.08 Å². The fourth-order valence-corrected chi connectivity index (χ4v) is 2.16. The van der Waals surface area contributed by atoms with Crippen LogP contribution in [0.2, 0.25) is 0 Å². The van der Waals surface area contributed by atoms with Crippen molar-refractivity contribution < 1.29 is 4.79 Å². The maximum absolute atomic E-state index is 11.9. The molecule has 4 heteroatoms. The molecule has 1 heterocycles. The highest BCUT2D eigenvalue weighted by Gasteiger charge is 2.14. The molecule has 0 bridgehead atoms. The molecule has 0 radical (unpaired) electrons. The lowest BCUT2D eigenvalue weighted by Gasteiger charge is -2.21. The van der Waals surface area contributed by atoms with E-state index in [1.807, 2.05) is 0 Å². The van der Waals surface area contributed by atoms with Gasteiger partial charge in [0.1, 0.15) is 0 Å². The fraction of sp³-hybridized carbons (Fsp3) is 0.562. The monoisotopic (exact) mass is 275 g/mol. The summed E-state index contributed by atoms with van der Waals surface area (Å²) in [6.45, 7) is 8.70. The molecule has 0 aliphatic carbocycles. The topological polar surface area (TPSA) is 54.9 Å². The second-order valence-corrected chi connectivity index (χ2v) is 5.93. The number of carbonyl (C=O) groups excluding carboxylic acids is 1. The Morgan fingerprint density at radius 2 is 1.85 bits per heavy atom. The van der Waals surface area contributed by atoms with Gasteiger partial charge in [-0.15, -0.1) is 0 Å². The van der Waals surface area contributed by atoms with Crippen LogP contribution in [-0.4, -0.2) is 21.9 Å². The number of hydrogen-bond donors (Lipinski definition) is 1. The molecule has 1 N–H and O–H groups in total. The van der Waals surface area contributed by atoms with Gasteiger partial charge in [-0.1, -0.05) is 27.7 Å². The van der Waals surface area contributed by atoms with Crippen LogP contribution < -0.4 is 5.32 Å². The Balaban J connectivity index is 2.54. The standard InChI is InChI=1S/C16H25N3O/c1-12(2)9-15(10-13(3)4)19-16(20)6-5-14-11-17-7-8-18-14/h5-8,11-13,15H,9-10H2,1-4H3,(H,19,20)/b6-5+. The molecule has 0 saturated carbocycles. The lowest BCUT2D eigenvalue weighted by molar-refractivity contribution is -0.117. The maximum atomic E-state index is 11.9. The average molecular weight is 275 g/mol. The minimum absolute atomic E-state index is 0.0676. The smallest absolute Gasteiger partial charge is 0.244 e. The highest BCUT2D eigenvalue weighted by Crippen LogP contribution is 2.13. The molecule has 0 aliphatic rings. The minimum Gasteiger partial charge on any atom is -0.350 e. The van der Waals surface area contributed by atoms with E-state index in [0.717, 1.165) is 12.8 Å². The molecule has 0 saturated heterocycles. The summed E-state index contributed by atoms with van der Waals surface area (Å²) in [5.41, 5.74) is 0.687. The summed E-state index contributed by atoms with van der Waals surface area (Å²) in [6.07, 6.45) is 10.1. The van der Waals surface area contributed by atoms with Gasteiger partial charge in [0, 0.05) is 24.5 Å². The first kappa shape index (κ1) is 16.3. The van der Waals surface area contributed by atoms with Gasteiger partial charge in [0.2, 0.25) is 5.91 Å². The normalized spacial score (nSPS) is 11.8. The molecule has 4 nitrogen and oxygen atoms in total. The minimum atomic E-state index is -0.0676. The molecule has 0 fully saturated rings. The zero-order chi connectivity index (χ0) is 15.0. The highest BCUT2D eigenvalue weighted by molar-refractivity contribution is 5.91. The predicted octanol–water partition coefficient (Wildman–Crippen LogP) is 3.07. The first-order valence-corrected chi connectivity index (χ1v) is 7.22. The van der Waals surface area contributed by atoms with Crippen LogP contribution in [0.5, 0.6) is 0 Å². The molecule has 110 valence electrons. The van der Waals surface area contributed by atoms with Crippen LogP contribution in [0.1, 0.15) is 46.2 Å². The van der Waals surface area contributed by atoms with E-state index in [-0.39, 0.29) is 11.9 Å². The van der Waals surface area contributed by atoms with Gasteiger partial charge >= 0.3 is 0 Å². The van der Waals surface area contributed by atoms with E-state index in [2.05, 4.69) is 43.0 Å². The molecule has 1 aromatic rings. The Bertz CT molecular complexity index is 417. The van der Waals surface area contributed by atoms with Gasteiger partial charge in [-0.25, -0.2) is 0 Å². The van der Waals surface area contributed by atoms with Crippen molar-refractivity contribution in [1.82, 2.24) is 15.3 Å². The van der Waals surface area contributed by atoms with E-state index in [9.17, 15) is 4.79 Å². The van der Waals surface area contributed by atoms with Crippen LogP contribution in [0, 0.1) is 11.8 Å². The largest absolute Gasteiger partial charge is 0.350 e. The number of amides is 1. The zero-order valence-electron chi connectivity index (χ0n) is 12.8. The Labute approximate surface area is 121 Å². The SMILES string of the molecule is CC(C)CC(CC(C)C)NC(=O)/C=C/c1cnccn1. The fourth-order valence-electron chi connectivity index (χ4n) is 2.16. The maximum Gasteiger partial charge on any atom is 0.244 e. The van der Waals surface area contributed by atoms with Crippen LogP contribution in [-0.2, 0) is 4.79 Å². The van der Waals surface area contributed by atoms with Crippen molar-refractivity contribution in [3.8, 4) is 0 Å². The van der Waals surface area contributed by atoms with Crippen molar-refractivity contribution in [3.63, 3.8) is 0 Å². The second-order valence-electron chi connectivity index (χ2n) is 5.93. The summed E-state index contributed by atoms with van der Waals surface area (Å²) in [5, 5.41) is 3.08. The van der Waals surface area contributed by atoms with E-state index in [4.69, 9.17) is 0 Å². The number of rotatable bonds is 7. The molecule has 0 aromatic carbocycles. The van der Waals surface area contributed by atoms with Gasteiger partial charge in [-0.05, 0) is 30.8 Å². The van der Waals surface area contributed by atoms with Gasteiger partial charge in [-0.2, -0.15) is 0 Å². The number of nitrogens with one attached hydrogen (secondary N) is 1. The highest BCUT2D eigenvalue weighted by atomic mass is 16.1. The molecule has 1 amide bonds. The lowest BCUT2D eigenvalue weighted by atomic mass is 9.95. The Morgan fingerprint density at radius 1 is 1.20 bits per heavy atom. The third-order valence-corrected chi connectivity index (χ3v) is 2.85. The van der Waals surface area contributed by atoms with Crippen molar-refractivity contribution >= 4 is 12.0 Å². The summed E-state index contributed by atoms with van der Waals surface area (Å²) in [7, 11) is 0. The summed E-state index contributed by atoms with van der Waals surface area (Å²) >= 11 is 0. The van der Waals surface area contributed by atoms with Crippen LogP contribution in [0.4, 0.5) is 0 Å². The summed E-state index contributed by atoms with van der Waals surface area (Å²) in [6, 6.07) is 0.231. The van der Waals surface area contributed by atoms with Gasteiger partial charge in [0.15, 0.2) is 0 Å². The molecule has 0 atom stereocenters. The van der Waals surface area contributed by atoms with Crippen molar-refractivity contribution in [2.24, 2.45) is 11.8 Å². The van der Waals surface area contributed by atoms with E-state index < -0.39 is 0 Å². The van der Waals surface area contributed by atoms with Gasteiger partial charge in [0.05, 0.1) is 11.9 Å². The van der Waals surface area contributed by atoms with Crippen molar-refractivity contribution in [2.75, 3.05) is 0 Å². The molecular weight excluding hydrogens is 250 g/mol. The quantitative estimate of drug-likeness (QED) is 0.778. The van der Waals surface area contributed by atoms with Crippen molar-refractivity contribution in [1.29, 1.82) is 0 Å². The molecule has 0 unspecified atom stereocenters. The molecule has 20 heavy (non-hydrogen) atoms. The molecule has 1 rings (SSSR count). The molecule has 0 aliphatic heterocycles. The number of carbonyl (C=O) groups is 1. The zero-order valence-corrected chi connectivity index (χ0v) is 12.8.